The summed E-state index contributed by atoms with van der Waals surface area (Å²) in [4.78, 5) is 11.6. The normalized spacial score (nSPS) is 10.3. The number of rotatable bonds is 2. The number of amides is 1. The highest BCUT2D eigenvalue weighted by atomic mass is 35.5. The molecular formula is C11H11ClN4O. The highest BCUT2D eigenvalue weighted by Crippen LogP contribution is 2.25. The highest BCUT2D eigenvalue weighted by molar-refractivity contribution is 6.30. The third kappa shape index (κ3) is 2.15. The van der Waals surface area contributed by atoms with Crippen LogP contribution in [-0.2, 0) is 0 Å². The summed E-state index contributed by atoms with van der Waals surface area (Å²) in [5.74, 6) is 4.76. The summed E-state index contributed by atoms with van der Waals surface area (Å²) >= 11 is 5.90. The van der Waals surface area contributed by atoms with Gasteiger partial charge in [-0.05, 0) is 19.1 Å². The Morgan fingerprint density at radius 1 is 1.53 bits per heavy atom. The number of hydrogen-bond acceptors (Lipinski definition) is 3. The molecule has 0 unspecified atom stereocenters. The predicted molar refractivity (Wildman–Crippen MR) is 65.4 cm³/mol. The molecule has 0 atom stereocenters. The van der Waals surface area contributed by atoms with E-state index in [0.29, 0.717) is 22.0 Å². The van der Waals surface area contributed by atoms with Crippen molar-refractivity contribution in [1.82, 2.24) is 15.6 Å². The predicted octanol–water partition coefficient (Wildman–Crippen LogP) is 1.64. The number of halogens is 1. The zero-order chi connectivity index (χ0) is 12.4. The molecule has 2 aromatic rings. The van der Waals surface area contributed by atoms with E-state index >= 15 is 0 Å². The number of benzene rings is 1. The van der Waals surface area contributed by atoms with Crippen LogP contribution in [0.1, 0.15) is 16.1 Å². The standard InChI is InChI=1S/C11H11ClN4O/c1-6-9(11(17)14-13)10(16-15-6)7-3-2-4-8(12)5-7/h2-5H,13H2,1H3,(H,14,17)(H,15,16). The molecule has 0 aliphatic rings. The number of nitrogens with two attached hydrogens (primary N) is 1. The number of hydrazine groups is 1. The van der Waals surface area contributed by atoms with Gasteiger partial charge < -0.3 is 0 Å². The molecule has 0 saturated carbocycles. The molecule has 17 heavy (non-hydrogen) atoms. The van der Waals surface area contributed by atoms with Crippen LogP contribution in [-0.4, -0.2) is 16.1 Å². The Labute approximate surface area is 103 Å². The average molecular weight is 251 g/mol. The molecule has 0 aliphatic heterocycles. The smallest absolute Gasteiger partial charge is 0.269 e. The van der Waals surface area contributed by atoms with Crippen LogP contribution in [0.25, 0.3) is 11.3 Å². The van der Waals surface area contributed by atoms with Crippen LogP contribution in [0.5, 0.6) is 0 Å². The molecule has 1 aromatic carbocycles. The number of hydrogen-bond donors (Lipinski definition) is 3. The van der Waals surface area contributed by atoms with E-state index in [1.807, 2.05) is 6.07 Å². The second-order valence-corrected chi connectivity index (χ2v) is 3.99. The van der Waals surface area contributed by atoms with E-state index < -0.39 is 0 Å². The number of nitrogen functional groups attached to an aromatic ring is 1. The van der Waals surface area contributed by atoms with Crippen LogP contribution in [0.2, 0.25) is 5.02 Å². The number of nitrogens with one attached hydrogen (secondary N) is 2. The van der Waals surface area contributed by atoms with Crippen molar-refractivity contribution in [2.45, 2.75) is 6.92 Å². The quantitative estimate of drug-likeness (QED) is 0.430. The Bertz CT molecular complexity index is 564. The molecule has 0 spiro atoms. The molecule has 2 rings (SSSR count). The third-order valence-electron chi connectivity index (χ3n) is 2.40. The van der Waals surface area contributed by atoms with E-state index in [4.69, 9.17) is 17.4 Å². The fraction of sp³-hybridized carbons (Fsp3) is 0.0909. The van der Waals surface area contributed by atoms with Crippen LogP contribution in [0.15, 0.2) is 24.3 Å². The first kappa shape index (κ1) is 11.6. The highest BCUT2D eigenvalue weighted by Gasteiger charge is 2.18. The fourth-order valence-electron chi connectivity index (χ4n) is 1.62. The van der Waals surface area contributed by atoms with Crippen molar-refractivity contribution < 1.29 is 4.79 Å². The molecule has 1 amide bonds. The second kappa shape index (κ2) is 4.57. The van der Waals surface area contributed by atoms with E-state index in [1.54, 1.807) is 25.1 Å². The summed E-state index contributed by atoms with van der Waals surface area (Å²) in [7, 11) is 0. The van der Waals surface area contributed by atoms with Gasteiger partial charge in [0.1, 0.15) is 5.69 Å². The Balaban J connectivity index is 2.57. The van der Waals surface area contributed by atoms with Gasteiger partial charge in [-0.2, -0.15) is 5.10 Å². The first-order valence-electron chi connectivity index (χ1n) is 4.95. The maximum absolute atomic E-state index is 11.6. The first-order chi connectivity index (χ1) is 8.13. The Kier molecular flexibility index (Phi) is 3.12. The summed E-state index contributed by atoms with van der Waals surface area (Å²) in [6.07, 6.45) is 0. The van der Waals surface area contributed by atoms with Crippen LogP contribution < -0.4 is 11.3 Å². The number of aromatic nitrogens is 2. The minimum absolute atomic E-state index is 0.383. The van der Waals surface area contributed by atoms with E-state index in [9.17, 15) is 4.79 Å². The van der Waals surface area contributed by atoms with E-state index in [0.717, 1.165) is 5.56 Å². The molecule has 1 heterocycles. The van der Waals surface area contributed by atoms with Gasteiger partial charge in [-0.3, -0.25) is 15.3 Å². The van der Waals surface area contributed by atoms with Gasteiger partial charge in [0.15, 0.2) is 0 Å². The van der Waals surface area contributed by atoms with Gasteiger partial charge in [0, 0.05) is 16.3 Å². The van der Waals surface area contributed by atoms with Gasteiger partial charge in [0.2, 0.25) is 0 Å². The molecule has 0 radical (unpaired) electrons. The van der Waals surface area contributed by atoms with Gasteiger partial charge in [-0.1, -0.05) is 23.7 Å². The number of aromatic amines is 1. The second-order valence-electron chi connectivity index (χ2n) is 3.56. The number of H-pyrrole nitrogens is 1. The molecule has 0 saturated heterocycles. The van der Waals surface area contributed by atoms with Crippen molar-refractivity contribution >= 4 is 17.5 Å². The lowest BCUT2D eigenvalue weighted by Crippen LogP contribution is -2.30. The summed E-state index contributed by atoms with van der Waals surface area (Å²) in [6, 6.07) is 7.12. The minimum atomic E-state index is -0.383. The van der Waals surface area contributed by atoms with Gasteiger partial charge in [0.25, 0.3) is 5.91 Å². The third-order valence-corrected chi connectivity index (χ3v) is 2.64. The van der Waals surface area contributed by atoms with Crippen molar-refractivity contribution in [3.8, 4) is 11.3 Å². The van der Waals surface area contributed by atoms with Gasteiger partial charge in [-0.25, -0.2) is 5.84 Å². The lowest BCUT2D eigenvalue weighted by Gasteiger charge is -2.02. The molecular weight excluding hydrogens is 240 g/mol. The van der Waals surface area contributed by atoms with Crippen LogP contribution in [0, 0.1) is 6.92 Å². The lowest BCUT2D eigenvalue weighted by molar-refractivity contribution is 0.0954. The molecule has 4 N–H and O–H groups in total. The number of carbonyl (C=O) groups is 1. The molecule has 0 bridgehead atoms. The molecule has 1 aromatic heterocycles. The van der Waals surface area contributed by atoms with Crippen molar-refractivity contribution in [1.29, 1.82) is 0 Å². The van der Waals surface area contributed by atoms with E-state index in [2.05, 4.69) is 15.6 Å². The zero-order valence-corrected chi connectivity index (χ0v) is 9.88. The maximum atomic E-state index is 11.6. The van der Waals surface area contributed by atoms with Gasteiger partial charge in [0.05, 0.1) is 5.56 Å². The summed E-state index contributed by atoms with van der Waals surface area (Å²) in [5, 5.41) is 7.44. The lowest BCUT2D eigenvalue weighted by atomic mass is 10.1. The molecule has 0 aliphatic carbocycles. The Hall–Kier alpha value is -1.85. The summed E-state index contributed by atoms with van der Waals surface area (Å²) in [6.45, 7) is 1.76. The number of carbonyl (C=O) groups excluding carboxylic acids is 1. The molecule has 5 nitrogen and oxygen atoms in total. The summed E-state index contributed by atoms with van der Waals surface area (Å²) in [5.41, 5.74) is 4.48. The number of aryl methyl sites for hydroxylation is 1. The maximum Gasteiger partial charge on any atom is 0.269 e. The van der Waals surface area contributed by atoms with Crippen molar-refractivity contribution in [2.24, 2.45) is 5.84 Å². The van der Waals surface area contributed by atoms with Crippen molar-refractivity contribution in [2.75, 3.05) is 0 Å². The summed E-state index contributed by atoms with van der Waals surface area (Å²) < 4.78 is 0. The number of nitrogens with zero attached hydrogens (tertiary/aromatic N) is 1. The zero-order valence-electron chi connectivity index (χ0n) is 9.12. The van der Waals surface area contributed by atoms with Crippen molar-refractivity contribution in [3.63, 3.8) is 0 Å². The first-order valence-corrected chi connectivity index (χ1v) is 5.33. The van der Waals surface area contributed by atoms with E-state index in [-0.39, 0.29) is 5.91 Å². The fourth-order valence-corrected chi connectivity index (χ4v) is 1.81. The monoisotopic (exact) mass is 250 g/mol. The SMILES string of the molecule is Cc1[nH]nc(-c2cccc(Cl)c2)c1C(=O)NN. The Morgan fingerprint density at radius 3 is 2.94 bits per heavy atom. The van der Waals surface area contributed by atoms with Gasteiger partial charge in [-0.15, -0.1) is 0 Å². The molecule has 6 heteroatoms. The molecule has 0 fully saturated rings. The minimum Gasteiger partial charge on any atom is -0.290 e. The van der Waals surface area contributed by atoms with E-state index in [1.165, 1.54) is 0 Å². The van der Waals surface area contributed by atoms with Crippen LogP contribution >= 0.6 is 11.6 Å². The van der Waals surface area contributed by atoms with Crippen molar-refractivity contribution in [3.05, 3.63) is 40.5 Å². The Morgan fingerprint density at radius 2 is 2.29 bits per heavy atom. The molecule has 88 valence electrons. The van der Waals surface area contributed by atoms with Gasteiger partial charge >= 0.3 is 0 Å². The van der Waals surface area contributed by atoms with Crippen LogP contribution in [0.4, 0.5) is 0 Å². The topological polar surface area (TPSA) is 83.8 Å². The van der Waals surface area contributed by atoms with Crippen LogP contribution in [0.3, 0.4) is 0 Å². The average Bonchev–Trinajstić information content (AvgIpc) is 2.70. The largest absolute Gasteiger partial charge is 0.290 e.